The Bertz CT molecular complexity index is 718. The van der Waals surface area contributed by atoms with E-state index in [9.17, 15) is 9.59 Å². The standard InChI is InChI=1S/C22H31N3O2S/c26-19(16-6-7-16)25-18(21-23-10-11-28-21)15-4-2-14(3-5-15)13-24-20(27)17-12-22(17)8-1-9-22/h10-11,14-18H,1-9,12-13H2,(H,24,27)(H,25,26)/t14?,15?,17-,18+/m0/s1. The first-order valence-electron chi connectivity index (χ1n) is 11.1. The lowest BCUT2D eigenvalue weighted by molar-refractivity contribution is -0.124. The van der Waals surface area contributed by atoms with Crippen LogP contribution in [0.5, 0.6) is 0 Å². The minimum atomic E-state index is 0.0635. The van der Waals surface area contributed by atoms with Crippen LogP contribution in [0.15, 0.2) is 11.6 Å². The van der Waals surface area contributed by atoms with Crippen LogP contribution in [0.3, 0.4) is 0 Å². The number of amides is 2. The summed E-state index contributed by atoms with van der Waals surface area (Å²) in [4.78, 5) is 29.3. The van der Waals surface area contributed by atoms with Crippen LogP contribution in [0.2, 0.25) is 0 Å². The number of aromatic nitrogens is 1. The molecule has 5 nitrogen and oxygen atoms in total. The number of nitrogens with zero attached hydrogens (tertiary/aromatic N) is 1. The Balaban J connectivity index is 1.11. The number of nitrogens with one attached hydrogen (secondary N) is 2. The van der Waals surface area contributed by atoms with Crippen LogP contribution in [0.1, 0.15) is 75.3 Å². The average molecular weight is 402 g/mol. The quantitative estimate of drug-likeness (QED) is 0.729. The predicted molar refractivity (Wildman–Crippen MR) is 109 cm³/mol. The van der Waals surface area contributed by atoms with Gasteiger partial charge in [-0.2, -0.15) is 0 Å². The Hall–Kier alpha value is -1.43. The second-order valence-corrected chi connectivity index (χ2v) is 10.6. The summed E-state index contributed by atoms with van der Waals surface area (Å²) in [7, 11) is 0. The largest absolute Gasteiger partial charge is 0.356 e. The Morgan fingerprint density at radius 2 is 1.93 bits per heavy atom. The zero-order chi connectivity index (χ0) is 19.1. The number of hydrogen-bond acceptors (Lipinski definition) is 4. The average Bonchev–Trinajstić information content (AvgIpc) is 3.60. The van der Waals surface area contributed by atoms with Crippen molar-refractivity contribution in [3.63, 3.8) is 0 Å². The SMILES string of the molecule is O=C(N[C@@H](c1nccs1)C1CCC(CNC(=O)[C@@H]2CC23CCC3)CC1)C1CC1. The minimum absolute atomic E-state index is 0.0635. The number of thiazole rings is 1. The first-order valence-corrected chi connectivity index (χ1v) is 12.0. The molecule has 1 aromatic heterocycles. The van der Waals surface area contributed by atoms with Crippen LogP contribution in [-0.2, 0) is 9.59 Å². The van der Waals surface area contributed by atoms with Gasteiger partial charge in [0, 0.05) is 30.0 Å². The number of hydrogen-bond donors (Lipinski definition) is 2. The first-order chi connectivity index (χ1) is 13.6. The maximum atomic E-state index is 12.4. The van der Waals surface area contributed by atoms with Gasteiger partial charge in [0.15, 0.2) is 0 Å². The highest BCUT2D eigenvalue weighted by Crippen LogP contribution is 2.65. The van der Waals surface area contributed by atoms with Gasteiger partial charge >= 0.3 is 0 Å². The van der Waals surface area contributed by atoms with Gasteiger partial charge in [-0.3, -0.25) is 9.59 Å². The van der Waals surface area contributed by atoms with E-state index in [0.717, 1.165) is 56.5 Å². The van der Waals surface area contributed by atoms with Crippen LogP contribution in [-0.4, -0.2) is 23.3 Å². The van der Waals surface area contributed by atoms with Gasteiger partial charge in [-0.25, -0.2) is 4.98 Å². The van der Waals surface area contributed by atoms with Gasteiger partial charge in [0.1, 0.15) is 5.01 Å². The molecule has 2 atom stereocenters. The summed E-state index contributed by atoms with van der Waals surface area (Å²) >= 11 is 1.65. The molecule has 2 N–H and O–H groups in total. The molecule has 0 aromatic carbocycles. The molecule has 1 heterocycles. The van der Waals surface area contributed by atoms with E-state index >= 15 is 0 Å². The van der Waals surface area contributed by atoms with E-state index in [4.69, 9.17) is 0 Å². The summed E-state index contributed by atoms with van der Waals surface area (Å²) in [6.07, 6.45) is 13.3. The summed E-state index contributed by atoms with van der Waals surface area (Å²) in [5.41, 5.74) is 0.419. The van der Waals surface area contributed by atoms with E-state index in [0.29, 0.717) is 29.1 Å². The highest BCUT2D eigenvalue weighted by atomic mass is 32.1. The molecule has 4 aliphatic carbocycles. The zero-order valence-electron chi connectivity index (χ0n) is 16.5. The molecule has 5 rings (SSSR count). The molecule has 152 valence electrons. The van der Waals surface area contributed by atoms with Crippen molar-refractivity contribution in [2.45, 2.75) is 70.3 Å². The molecule has 0 aliphatic heterocycles. The molecule has 2 amide bonds. The van der Waals surface area contributed by atoms with Gasteiger partial charge in [0.2, 0.25) is 11.8 Å². The fourth-order valence-electron chi connectivity index (χ4n) is 5.38. The maximum Gasteiger partial charge on any atom is 0.223 e. The lowest BCUT2D eigenvalue weighted by atomic mass is 9.78. The van der Waals surface area contributed by atoms with E-state index in [1.54, 1.807) is 11.3 Å². The van der Waals surface area contributed by atoms with Crippen LogP contribution in [0.4, 0.5) is 0 Å². The Morgan fingerprint density at radius 1 is 1.14 bits per heavy atom. The molecule has 4 saturated carbocycles. The van der Waals surface area contributed by atoms with Crippen LogP contribution in [0, 0.1) is 29.1 Å². The lowest BCUT2D eigenvalue weighted by Gasteiger charge is -2.33. The van der Waals surface area contributed by atoms with Crippen molar-refractivity contribution >= 4 is 23.2 Å². The third kappa shape index (κ3) is 3.72. The summed E-state index contributed by atoms with van der Waals surface area (Å²) in [5.74, 6) is 2.10. The van der Waals surface area contributed by atoms with Crippen molar-refractivity contribution in [2.75, 3.05) is 6.54 Å². The van der Waals surface area contributed by atoms with Crippen molar-refractivity contribution in [1.29, 1.82) is 0 Å². The van der Waals surface area contributed by atoms with Crippen molar-refractivity contribution in [3.8, 4) is 0 Å². The molecule has 1 spiro atoms. The molecule has 1 aromatic rings. The fraction of sp³-hybridized carbons (Fsp3) is 0.773. The van der Waals surface area contributed by atoms with Crippen molar-refractivity contribution in [3.05, 3.63) is 16.6 Å². The van der Waals surface area contributed by atoms with Gasteiger partial charge in [0.25, 0.3) is 0 Å². The second-order valence-electron chi connectivity index (χ2n) is 9.63. The van der Waals surface area contributed by atoms with E-state index in [-0.39, 0.29) is 17.9 Å². The van der Waals surface area contributed by atoms with Gasteiger partial charge in [-0.05, 0) is 75.0 Å². The minimum Gasteiger partial charge on any atom is -0.356 e. The second kappa shape index (κ2) is 7.43. The normalized spacial score (nSPS) is 31.6. The molecular weight excluding hydrogens is 370 g/mol. The van der Waals surface area contributed by atoms with Gasteiger partial charge < -0.3 is 10.6 Å². The molecule has 4 aliphatic rings. The molecule has 28 heavy (non-hydrogen) atoms. The maximum absolute atomic E-state index is 12.4. The number of carbonyl (C=O) groups is 2. The van der Waals surface area contributed by atoms with Crippen LogP contribution >= 0.6 is 11.3 Å². The molecule has 0 saturated heterocycles. The van der Waals surface area contributed by atoms with Gasteiger partial charge in [-0.1, -0.05) is 6.42 Å². The predicted octanol–water partition coefficient (Wildman–Crippen LogP) is 3.82. The third-order valence-corrected chi connectivity index (χ3v) is 8.61. The van der Waals surface area contributed by atoms with Crippen LogP contribution in [0.25, 0.3) is 0 Å². The summed E-state index contributed by atoms with van der Waals surface area (Å²) in [6.45, 7) is 0.828. The highest BCUT2D eigenvalue weighted by Gasteiger charge is 2.60. The fourth-order valence-corrected chi connectivity index (χ4v) is 6.16. The summed E-state index contributed by atoms with van der Waals surface area (Å²) in [6, 6.07) is 0.0635. The van der Waals surface area contributed by atoms with Gasteiger partial charge in [0.05, 0.1) is 6.04 Å². The summed E-state index contributed by atoms with van der Waals surface area (Å²) in [5, 5.41) is 9.59. The van der Waals surface area contributed by atoms with Crippen molar-refractivity contribution in [2.24, 2.45) is 29.1 Å². The molecule has 4 fully saturated rings. The highest BCUT2D eigenvalue weighted by molar-refractivity contribution is 7.09. The Labute approximate surface area is 171 Å². The van der Waals surface area contributed by atoms with E-state index in [1.807, 2.05) is 11.6 Å². The molecule has 0 bridgehead atoms. The zero-order valence-corrected chi connectivity index (χ0v) is 17.3. The smallest absolute Gasteiger partial charge is 0.223 e. The Morgan fingerprint density at radius 3 is 2.50 bits per heavy atom. The third-order valence-electron chi connectivity index (χ3n) is 7.75. The number of rotatable bonds is 7. The first kappa shape index (κ1) is 18.6. The van der Waals surface area contributed by atoms with Gasteiger partial charge in [-0.15, -0.1) is 11.3 Å². The van der Waals surface area contributed by atoms with Crippen LogP contribution < -0.4 is 10.6 Å². The summed E-state index contributed by atoms with van der Waals surface area (Å²) < 4.78 is 0. The van der Waals surface area contributed by atoms with E-state index < -0.39 is 0 Å². The van der Waals surface area contributed by atoms with E-state index in [1.165, 1.54) is 19.3 Å². The monoisotopic (exact) mass is 401 g/mol. The topological polar surface area (TPSA) is 71.1 Å². The molecule has 0 unspecified atom stereocenters. The molecular formula is C22H31N3O2S. The number of carbonyl (C=O) groups excluding carboxylic acids is 2. The Kier molecular flexibility index (Phi) is 4.93. The van der Waals surface area contributed by atoms with Crippen molar-refractivity contribution in [1.82, 2.24) is 15.6 Å². The van der Waals surface area contributed by atoms with E-state index in [2.05, 4.69) is 15.6 Å². The van der Waals surface area contributed by atoms with Crippen molar-refractivity contribution < 1.29 is 9.59 Å². The lowest BCUT2D eigenvalue weighted by Crippen LogP contribution is -2.38. The molecule has 6 heteroatoms. The molecule has 0 radical (unpaired) electrons.